The third-order valence-electron chi connectivity index (χ3n) is 2.79. The highest BCUT2D eigenvalue weighted by molar-refractivity contribution is 6.68. The van der Waals surface area contributed by atoms with Crippen LogP contribution in [0.25, 0.3) is 0 Å². The second-order valence-electron chi connectivity index (χ2n) is 3.67. The molecule has 2 rings (SSSR count). The summed E-state index contributed by atoms with van der Waals surface area (Å²) in [5, 5.41) is -0.641. The van der Waals surface area contributed by atoms with Gasteiger partial charge in [0.15, 0.2) is 4.33 Å². The summed E-state index contributed by atoms with van der Waals surface area (Å²) in [7, 11) is 0. The van der Waals surface area contributed by atoms with Crippen LogP contribution >= 0.6 is 69.6 Å². The number of hydrogen-bond acceptors (Lipinski definition) is 3. The normalized spacial score (nSPS) is 38.9. The largest absolute Gasteiger partial charge is 0.390 e. The van der Waals surface area contributed by atoms with Gasteiger partial charge in [-0.25, -0.2) is 9.59 Å². The second-order valence-corrected chi connectivity index (χ2v) is 6.89. The summed E-state index contributed by atoms with van der Waals surface area (Å²) < 4.78 is 2.24. The first-order chi connectivity index (χ1) is 8.02. The van der Waals surface area contributed by atoms with E-state index in [4.69, 9.17) is 69.6 Å². The molecule has 0 aromatic carbocycles. The van der Waals surface area contributed by atoms with Crippen LogP contribution < -0.4 is 0 Å². The maximum atomic E-state index is 11.8. The molecule has 2 aliphatic rings. The molecule has 0 N–H and O–H groups in total. The molecule has 0 amide bonds. The molecule has 1 aliphatic heterocycles. The summed E-state index contributed by atoms with van der Waals surface area (Å²) in [5.41, 5.74) is -0.143. The zero-order valence-electron chi connectivity index (χ0n) is 8.20. The Kier molecular flexibility index (Phi) is 3.23. The molecule has 18 heavy (non-hydrogen) atoms. The van der Waals surface area contributed by atoms with Gasteiger partial charge in [0.1, 0.15) is 0 Å². The minimum absolute atomic E-state index is 0.143. The van der Waals surface area contributed by atoms with E-state index in [2.05, 4.69) is 11.3 Å². The molecule has 0 aromatic rings. The first-order valence-corrected chi connectivity index (χ1v) is 6.57. The van der Waals surface area contributed by atoms with Gasteiger partial charge in [-0.3, -0.25) is 0 Å². The van der Waals surface area contributed by atoms with Gasteiger partial charge in [0, 0.05) is 5.57 Å². The fraction of sp³-hybridized carbons (Fsp3) is 0.333. The van der Waals surface area contributed by atoms with E-state index in [0.717, 1.165) is 0 Å². The summed E-state index contributed by atoms with van der Waals surface area (Å²) in [6.45, 7) is 3.49. The average Bonchev–Trinajstić information content (AvgIpc) is 2.48. The molecule has 0 spiro atoms. The van der Waals surface area contributed by atoms with Gasteiger partial charge in [-0.05, 0) is 0 Å². The number of carbonyl (C=O) groups is 2. The van der Waals surface area contributed by atoms with Crippen molar-refractivity contribution < 1.29 is 14.3 Å². The minimum atomic E-state index is -2.34. The third-order valence-corrected chi connectivity index (χ3v) is 6.54. The fourth-order valence-corrected chi connectivity index (χ4v) is 3.93. The molecule has 0 aromatic heterocycles. The van der Waals surface area contributed by atoms with Crippen molar-refractivity contribution in [1.82, 2.24) is 0 Å². The van der Waals surface area contributed by atoms with Crippen LogP contribution in [-0.2, 0) is 14.3 Å². The van der Waals surface area contributed by atoms with Gasteiger partial charge in [0.05, 0.1) is 10.1 Å². The van der Waals surface area contributed by atoms with Crippen molar-refractivity contribution in [3.63, 3.8) is 0 Å². The van der Waals surface area contributed by atoms with E-state index in [1.807, 2.05) is 0 Å². The highest BCUT2D eigenvalue weighted by Gasteiger charge is 2.80. The summed E-state index contributed by atoms with van der Waals surface area (Å²) in [6, 6.07) is 0. The topological polar surface area (TPSA) is 43.4 Å². The van der Waals surface area contributed by atoms with E-state index in [9.17, 15) is 9.59 Å². The monoisotopic (exact) mass is 368 g/mol. The lowest BCUT2D eigenvalue weighted by molar-refractivity contribution is -0.153. The molecule has 1 saturated heterocycles. The van der Waals surface area contributed by atoms with Gasteiger partial charge in [-0.2, -0.15) is 0 Å². The number of carbonyl (C=O) groups excluding carboxylic acids is 2. The molecule has 9 heteroatoms. The number of ether oxygens (including phenoxy) is 1. The first kappa shape index (κ1) is 14.8. The Hall–Kier alpha value is 0.360. The van der Waals surface area contributed by atoms with Crippen LogP contribution in [0.4, 0.5) is 0 Å². The predicted molar refractivity (Wildman–Crippen MR) is 70.6 cm³/mol. The van der Waals surface area contributed by atoms with Crippen molar-refractivity contribution in [2.75, 3.05) is 0 Å². The standard InChI is InChI=1S/C9H2Cl6O3/c1-2-3(10)4(11)7(12)5(16)18-6(17)8(7,13)9(2,14)15/h1H2. The van der Waals surface area contributed by atoms with Crippen LogP contribution in [0, 0.1) is 0 Å². The third kappa shape index (κ3) is 1.31. The van der Waals surface area contributed by atoms with Crippen molar-refractivity contribution in [3.8, 4) is 0 Å². The number of alkyl halides is 4. The van der Waals surface area contributed by atoms with Crippen molar-refractivity contribution in [3.05, 3.63) is 22.2 Å². The van der Waals surface area contributed by atoms with Crippen LogP contribution in [-0.4, -0.2) is 26.0 Å². The Bertz CT molecular complexity index is 538. The molecule has 98 valence electrons. The SMILES string of the molecule is C=C1C(Cl)=C(Cl)C2(Cl)C(=O)OC(=O)C2(Cl)C1(Cl)Cl. The molecule has 2 unspecified atom stereocenters. The Balaban J connectivity index is 2.90. The molecule has 1 aliphatic carbocycles. The molecular weight excluding hydrogens is 369 g/mol. The minimum Gasteiger partial charge on any atom is -0.390 e. The van der Waals surface area contributed by atoms with E-state index in [-0.39, 0.29) is 10.6 Å². The molecule has 2 atom stereocenters. The van der Waals surface area contributed by atoms with Gasteiger partial charge in [-0.15, -0.1) is 0 Å². The summed E-state index contributed by atoms with van der Waals surface area (Å²) >= 11 is 35.8. The summed E-state index contributed by atoms with van der Waals surface area (Å²) in [6.07, 6.45) is 0. The lowest BCUT2D eigenvalue weighted by Crippen LogP contribution is -2.62. The van der Waals surface area contributed by atoms with E-state index < -0.39 is 31.1 Å². The Morgan fingerprint density at radius 1 is 1.00 bits per heavy atom. The molecule has 1 fully saturated rings. The van der Waals surface area contributed by atoms with Crippen molar-refractivity contribution in [2.24, 2.45) is 0 Å². The van der Waals surface area contributed by atoms with Crippen LogP contribution in [0.1, 0.15) is 0 Å². The van der Waals surface area contributed by atoms with Crippen molar-refractivity contribution in [1.29, 1.82) is 0 Å². The summed E-state index contributed by atoms with van der Waals surface area (Å²) in [5.74, 6) is -2.40. The lowest BCUT2D eigenvalue weighted by atomic mass is 9.80. The maximum Gasteiger partial charge on any atom is 0.343 e. The van der Waals surface area contributed by atoms with Gasteiger partial charge in [-0.1, -0.05) is 76.2 Å². The molecular formula is C9H2Cl6O3. The Morgan fingerprint density at radius 3 is 2.00 bits per heavy atom. The van der Waals surface area contributed by atoms with Gasteiger partial charge in [0.25, 0.3) is 0 Å². The lowest BCUT2D eigenvalue weighted by Gasteiger charge is -2.43. The second kappa shape index (κ2) is 3.94. The van der Waals surface area contributed by atoms with E-state index in [1.54, 1.807) is 0 Å². The zero-order valence-corrected chi connectivity index (χ0v) is 12.7. The van der Waals surface area contributed by atoms with Gasteiger partial charge >= 0.3 is 11.9 Å². The predicted octanol–water partition coefficient (Wildman–Crippen LogP) is 3.46. The number of fused-ring (bicyclic) bond motifs is 1. The number of hydrogen-bond donors (Lipinski definition) is 0. The smallest absolute Gasteiger partial charge is 0.343 e. The average molecular weight is 371 g/mol. The van der Waals surface area contributed by atoms with Crippen LogP contribution in [0.15, 0.2) is 22.2 Å². The Labute approximate surface area is 132 Å². The first-order valence-electron chi connectivity index (χ1n) is 4.30. The van der Waals surface area contributed by atoms with Crippen LogP contribution in [0.3, 0.4) is 0 Å². The number of halogens is 6. The molecule has 0 saturated carbocycles. The number of esters is 2. The fourth-order valence-electron chi connectivity index (χ4n) is 1.72. The van der Waals surface area contributed by atoms with Crippen LogP contribution in [0.2, 0.25) is 0 Å². The Morgan fingerprint density at radius 2 is 1.50 bits per heavy atom. The molecule has 0 bridgehead atoms. The number of rotatable bonds is 0. The zero-order chi connectivity index (χ0) is 14.1. The molecule has 1 heterocycles. The highest BCUT2D eigenvalue weighted by atomic mass is 35.5. The van der Waals surface area contributed by atoms with E-state index in [1.165, 1.54) is 0 Å². The van der Waals surface area contributed by atoms with Crippen molar-refractivity contribution in [2.45, 2.75) is 14.1 Å². The van der Waals surface area contributed by atoms with Gasteiger partial charge < -0.3 is 4.74 Å². The van der Waals surface area contributed by atoms with E-state index in [0.29, 0.717) is 0 Å². The molecule has 0 radical (unpaired) electrons. The van der Waals surface area contributed by atoms with Crippen molar-refractivity contribution >= 4 is 81.5 Å². The number of cyclic esters (lactones) is 2. The van der Waals surface area contributed by atoms with E-state index >= 15 is 0 Å². The van der Waals surface area contributed by atoms with Crippen LogP contribution in [0.5, 0.6) is 0 Å². The maximum absolute atomic E-state index is 11.8. The summed E-state index contributed by atoms with van der Waals surface area (Å²) in [4.78, 5) is 18.9. The number of allylic oxidation sites excluding steroid dienone is 2. The molecule has 3 nitrogen and oxygen atoms in total. The quantitative estimate of drug-likeness (QED) is 0.372. The van der Waals surface area contributed by atoms with Gasteiger partial charge in [0.2, 0.25) is 9.75 Å². The highest BCUT2D eigenvalue weighted by Crippen LogP contribution is 2.65.